The molecule has 1 atom stereocenters. The Kier molecular flexibility index (Phi) is 6.65. The average molecular weight is 472 g/mol. The van der Waals surface area contributed by atoms with Crippen molar-refractivity contribution in [1.82, 2.24) is 15.1 Å². The van der Waals surface area contributed by atoms with Gasteiger partial charge in [0.25, 0.3) is 11.8 Å². The number of benzene rings is 2. The van der Waals surface area contributed by atoms with Crippen LogP contribution >= 0.6 is 0 Å². The first-order valence-corrected chi connectivity index (χ1v) is 11.2. The molecular weight excluding hydrogens is 444 g/mol. The van der Waals surface area contributed by atoms with E-state index < -0.39 is 17.9 Å². The van der Waals surface area contributed by atoms with Gasteiger partial charge in [0.15, 0.2) is 0 Å². The topological polar surface area (TPSA) is 79.0 Å². The molecule has 1 unspecified atom stereocenters. The normalized spacial score (nSPS) is 17.6. The number of hydrogen-bond donors (Lipinski definition) is 1. The molecule has 0 aliphatic carbocycles. The lowest BCUT2D eigenvalue weighted by molar-refractivity contribution is -0.134. The molecule has 7 nitrogen and oxygen atoms in total. The predicted octanol–water partition coefficient (Wildman–Crippen LogP) is 3.11. The van der Waals surface area contributed by atoms with Crippen molar-refractivity contribution in [1.29, 1.82) is 0 Å². The zero-order valence-electron chi connectivity index (χ0n) is 19.1. The highest BCUT2D eigenvalue weighted by atomic mass is 19.3. The molecule has 3 amide bonds. The number of carbonyl (C=O) groups excluding carboxylic acids is 3. The van der Waals surface area contributed by atoms with E-state index in [9.17, 15) is 23.2 Å². The van der Waals surface area contributed by atoms with E-state index in [1.165, 1.54) is 4.90 Å². The van der Waals surface area contributed by atoms with E-state index in [0.29, 0.717) is 23.4 Å². The minimum Gasteiger partial charge on any atom is -0.489 e. The third-order valence-electron chi connectivity index (χ3n) is 6.12. The number of rotatable bonds is 8. The molecule has 1 N–H and O–H groups in total. The predicted molar refractivity (Wildman–Crippen MR) is 120 cm³/mol. The van der Waals surface area contributed by atoms with Crippen molar-refractivity contribution in [3.8, 4) is 5.75 Å². The maximum atomic E-state index is 13.0. The largest absolute Gasteiger partial charge is 0.489 e. The molecule has 34 heavy (non-hydrogen) atoms. The number of likely N-dealkylation sites (tertiary alicyclic amines) is 1. The number of alkyl halides is 2. The van der Waals surface area contributed by atoms with Crippen molar-refractivity contribution >= 4 is 17.7 Å². The molecule has 2 aliphatic rings. The summed E-state index contributed by atoms with van der Waals surface area (Å²) in [5, 5.41) is 2.30. The molecule has 2 heterocycles. The molecule has 2 aromatic rings. The van der Waals surface area contributed by atoms with Gasteiger partial charge in [0, 0.05) is 24.1 Å². The Hall–Kier alpha value is -3.33. The summed E-state index contributed by atoms with van der Waals surface area (Å²) in [6.45, 7) is 3.78. The Morgan fingerprint density at radius 1 is 1.12 bits per heavy atom. The summed E-state index contributed by atoms with van der Waals surface area (Å²) in [5.74, 6) is -3.21. The molecule has 1 saturated heterocycles. The van der Waals surface area contributed by atoms with Gasteiger partial charge in [-0.25, -0.2) is 8.78 Å². The molecule has 0 bridgehead atoms. The number of halogens is 2. The minimum absolute atomic E-state index is 0.180. The fourth-order valence-corrected chi connectivity index (χ4v) is 4.13. The van der Waals surface area contributed by atoms with Gasteiger partial charge in [-0.3, -0.25) is 24.6 Å². The number of carbonyl (C=O) groups is 3. The molecule has 2 aliphatic heterocycles. The van der Waals surface area contributed by atoms with Crippen molar-refractivity contribution in [3.05, 3.63) is 64.7 Å². The SMILES string of the molecule is CCC(=O)NC(=O)C(C)N1Cc2c(OCc3ccc(CN4CC(F)(F)C4)cc3)cccc2C1=O. The second kappa shape index (κ2) is 9.50. The van der Waals surface area contributed by atoms with Gasteiger partial charge in [0.2, 0.25) is 11.8 Å². The van der Waals surface area contributed by atoms with Gasteiger partial charge >= 0.3 is 0 Å². The van der Waals surface area contributed by atoms with Crippen LogP contribution in [0.2, 0.25) is 0 Å². The van der Waals surface area contributed by atoms with Crippen LogP contribution < -0.4 is 10.1 Å². The van der Waals surface area contributed by atoms with Crippen LogP contribution in [0.4, 0.5) is 8.78 Å². The maximum Gasteiger partial charge on any atom is 0.272 e. The van der Waals surface area contributed by atoms with Crippen LogP contribution in [0.25, 0.3) is 0 Å². The molecule has 0 spiro atoms. The monoisotopic (exact) mass is 471 g/mol. The average Bonchev–Trinajstić information content (AvgIpc) is 3.13. The van der Waals surface area contributed by atoms with Gasteiger partial charge in [0.1, 0.15) is 18.4 Å². The molecule has 4 rings (SSSR count). The number of nitrogens with zero attached hydrogens (tertiary/aromatic N) is 2. The van der Waals surface area contributed by atoms with E-state index in [-0.39, 0.29) is 44.5 Å². The number of hydrogen-bond acceptors (Lipinski definition) is 5. The van der Waals surface area contributed by atoms with E-state index in [1.54, 1.807) is 36.9 Å². The third-order valence-corrected chi connectivity index (χ3v) is 6.12. The Bertz CT molecular complexity index is 1100. The summed E-state index contributed by atoms with van der Waals surface area (Å²) in [6.07, 6.45) is 0.180. The number of fused-ring (bicyclic) bond motifs is 1. The number of ether oxygens (including phenoxy) is 1. The van der Waals surface area contributed by atoms with E-state index >= 15 is 0 Å². The van der Waals surface area contributed by atoms with Crippen LogP contribution in [0.5, 0.6) is 5.75 Å². The highest BCUT2D eigenvalue weighted by molar-refractivity contribution is 6.04. The summed E-state index contributed by atoms with van der Waals surface area (Å²) < 4.78 is 32.0. The highest BCUT2D eigenvalue weighted by Crippen LogP contribution is 2.33. The van der Waals surface area contributed by atoms with Crippen LogP contribution in [0.15, 0.2) is 42.5 Å². The molecule has 9 heteroatoms. The Morgan fingerprint density at radius 2 is 1.79 bits per heavy atom. The van der Waals surface area contributed by atoms with Crippen LogP contribution in [-0.4, -0.2) is 52.6 Å². The fourth-order valence-electron chi connectivity index (χ4n) is 4.13. The van der Waals surface area contributed by atoms with Crippen molar-refractivity contribution in [2.24, 2.45) is 0 Å². The van der Waals surface area contributed by atoms with Gasteiger partial charge in [-0.1, -0.05) is 37.3 Å². The van der Waals surface area contributed by atoms with Gasteiger partial charge in [-0.05, 0) is 30.2 Å². The van der Waals surface area contributed by atoms with Crippen molar-refractivity contribution in [3.63, 3.8) is 0 Å². The van der Waals surface area contributed by atoms with Gasteiger partial charge in [-0.2, -0.15) is 0 Å². The van der Waals surface area contributed by atoms with E-state index in [4.69, 9.17) is 4.74 Å². The summed E-state index contributed by atoms with van der Waals surface area (Å²) in [6, 6.07) is 12.0. The summed E-state index contributed by atoms with van der Waals surface area (Å²) >= 11 is 0. The second-order valence-electron chi connectivity index (χ2n) is 8.76. The van der Waals surface area contributed by atoms with Crippen LogP contribution in [0.1, 0.15) is 47.3 Å². The molecule has 0 saturated carbocycles. The summed E-state index contributed by atoms with van der Waals surface area (Å²) in [5.41, 5.74) is 3.03. The summed E-state index contributed by atoms with van der Waals surface area (Å²) in [7, 11) is 0. The minimum atomic E-state index is -2.57. The van der Waals surface area contributed by atoms with Crippen molar-refractivity contribution in [2.45, 2.75) is 51.9 Å². The lowest BCUT2D eigenvalue weighted by atomic mass is 10.1. The molecule has 180 valence electrons. The van der Waals surface area contributed by atoms with Crippen LogP contribution in [-0.2, 0) is 29.3 Å². The van der Waals surface area contributed by atoms with Crippen molar-refractivity contribution < 1.29 is 27.9 Å². The highest BCUT2D eigenvalue weighted by Gasteiger charge is 2.43. The Morgan fingerprint density at radius 3 is 2.44 bits per heavy atom. The van der Waals surface area contributed by atoms with E-state index in [0.717, 1.165) is 11.1 Å². The summed E-state index contributed by atoms with van der Waals surface area (Å²) in [4.78, 5) is 39.9. The molecule has 1 fully saturated rings. The number of imide groups is 1. The third kappa shape index (κ3) is 5.09. The van der Waals surface area contributed by atoms with Crippen LogP contribution in [0.3, 0.4) is 0 Å². The smallest absolute Gasteiger partial charge is 0.272 e. The lowest BCUT2D eigenvalue weighted by Crippen LogP contribution is -2.55. The van der Waals surface area contributed by atoms with E-state index in [2.05, 4.69) is 5.32 Å². The molecular formula is C25H27F2N3O4. The zero-order chi connectivity index (χ0) is 24.5. The molecule has 0 aromatic heterocycles. The van der Waals surface area contributed by atoms with Gasteiger partial charge in [-0.15, -0.1) is 0 Å². The standard InChI is InChI=1S/C25H27F2N3O4/c1-3-22(31)28-23(32)16(2)30-12-20-19(24(30)33)5-4-6-21(20)34-13-18-9-7-17(8-10-18)11-29-14-25(26,27)15-29/h4-10,16H,3,11-15H2,1-2H3,(H,28,31,32). The van der Waals surface area contributed by atoms with Crippen molar-refractivity contribution in [2.75, 3.05) is 13.1 Å². The first-order valence-electron chi connectivity index (χ1n) is 11.2. The molecule has 2 aromatic carbocycles. The zero-order valence-corrected chi connectivity index (χ0v) is 19.1. The van der Waals surface area contributed by atoms with Gasteiger partial charge < -0.3 is 9.64 Å². The quantitative estimate of drug-likeness (QED) is 0.640. The second-order valence-corrected chi connectivity index (χ2v) is 8.76. The Balaban J connectivity index is 1.37. The fraction of sp³-hybridized carbons (Fsp3) is 0.400. The first kappa shape index (κ1) is 23.8. The lowest BCUT2D eigenvalue weighted by Gasteiger charge is -2.38. The van der Waals surface area contributed by atoms with Crippen LogP contribution in [0, 0.1) is 0 Å². The van der Waals surface area contributed by atoms with E-state index in [1.807, 2.05) is 24.3 Å². The van der Waals surface area contributed by atoms with Gasteiger partial charge in [0.05, 0.1) is 19.6 Å². The Labute approximate surface area is 196 Å². The molecule has 0 radical (unpaired) electrons. The maximum absolute atomic E-state index is 13.0. The first-order chi connectivity index (χ1) is 16.2. The number of amides is 3. The number of nitrogens with one attached hydrogen (secondary N) is 1.